The third-order valence-corrected chi connectivity index (χ3v) is 6.63. The van der Waals surface area contributed by atoms with Crippen molar-refractivity contribution in [1.29, 1.82) is 0 Å². The highest BCUT2D eigenvalue weighted by atomic mass is 16.5. The Balaban J connectivity index is 1.21. The highest BCUT2D eigenvalue weighted by molar-refractivity contribution is 5.96. The number of rotatable bonds is 6. The smallest absolute Gasteiger partial charge is 0.407 e. The van der Waals surface area contributed by atoms with Gasteiger partial charge in [0, 0.05) is 12.5 Å². The summed E-state index contributed by atoms with van der Waals surface area (Å²) in [5.41, 5.74) is 4.49. The maximum absolute atomic E-state index is 13.0. The van der Waals surface area contributed by atoms with E-state index in [-0.39, 0.29) is 30.5 Å². The lowest BCUT2D eigenvalue weighted by Gasteiger charge is -2.32. The molecule has 1 aliphatic heterocycles. The van der Waals surface area contributed by atoms with Gasteiger partial charge in [-0.2, -0.15) is 0 Å². The van der Waals surface area contributed by atoms with Crippen LogP contribution in [0.15, 0.2) is 59.3 Å². The van der Waals surface area contributed by atoms with Crippen LogP contribution >= 0.6 is 0 Å². The molecule has 3 aromatic rings. The minimum absolute atomic E-state index is 0.00269. The molecule has 9 nitrogen and oxygen atoms in total. The first-order chi connectivity index (χ1) is 17.0. The largest absolute Gasteiger partial charge is 0.480 e. The maximum atomic E-state index is 13.0. The predicted molar refractivity (Wildman–Crippen MR) is 125 cm³/mol. The first kappa shape index (κ1) is 22.6. The van der Waals surface area contributed by atoms with Crippen molar-refractivity contribution in [3.8, 4) is 11.1 Å². The van der Waals surface area contributed by atoms with Crippen LogP contribution in [0.25, 0.3) is 11.1 Å². The summed E-state index contributed by atoms with van der Waals surface area (Å²) in [7, 11) is 0. The standard InChI is InChI=1S/C26H25N3O6/c30-24(29-12-6-5-11-21(29)25(31)32)23-22(35-15-28-23)13-27-26(33)34-14-20-18-9-3-1-7-16(18)17-8-2-4-10-19(17)20/h1-4,7-10,15,20-21H,5-6,11-14H2,(H,27,33)(H,31,32)/t21-/m1/s1. The quantitative estimate of drug-likeness (QED) is 0.556. The maximum Gasteiger partial charge on any atom is 0.407 e. The predicted octanol–water partition coefficient (Wildman–Crippen LogP) is 3.79. The van der Waals surface area contributed by atoms with Crippen LogP contribution in [-0.4, -0.2) is 52.2 Å². The number of likely N-dealkylation sites (tertiary alicyclic amines) is 1. The number of ether oxygens (including phenoxy) is 1. The normalized spacial score (nSPS) is 16.9. The van der Waals surface area contributed by atoms with E-state index in [1.807, 2.05) is 36.4 Å². The summed E-state index contributed by atoms with van der Waals surface area (Å²) in [6.45, 7) is 0.390. The first-order valence-electron chi connectivity index (χ1n) is 11.6. The molecule has 2 heterocycles. The van der Waals surface area contributed by atoms with Gasteiger partial charge in [-0.3, -0.25) is 4.79 Å². The number of carbonyl (C=O) groups is 3. The van der Waals surface area contributed by atoms with Gasteiger partial charge in [-0.05, 0) is 41.5 Å². The number of aliphatic carboxylic acids is 1. The topological polar surface area (TPSA) is 122 Å². The summed E-state index contributed by atoms with van der Waals surface area (Å²) in [4.78, 5) is 42.3. The van der Waals surface area contributed by atoms with Gasteiger partial charge in [0.25, 0.3) is 5.91 Å². The molecule has 2 aliphatic rings. The SMILES string of the molecule is O=C(NCc1ocnc1C(=O)N1CCCC[C@@H]1C(=O)O)OCC1c2ccccc2-c2ccccc21. The molecule has 0 spiro atoms. The lowest BCUT2D eigenvalue weighted by atomic mass is 9.98. The third-order valence-electron chi connectivity index (χ3n) is 6.63. The summed E-state index contributed by atoms with van der Waals surface area (Å²) in [6.07, 6.45) is 2.33. The summed E-state index contributed by atoms with van der Waals surface area (Å²) in [6, 6.07) is 15.2. The van der Waals surface area contributed by atoms with Gasteiger partial charge in [-0.25, -0.2) is 14.6 Å². The van der Waals surface area contributed by atoms with Crippen molar-refractivity contribution in [3.05, 3.63) is 77.5 Å². The molecule has 0 saturated carbocycles. The van der Waals surface area contributed by atoms with E-state index < -0.39 is 24.0 Å². The number of hydrogen-bond donors (Lipinski definition) is 2. The molecule has 5 rings (SSSR count). The fraction of sp³-hybridized carbons (Fsp3) is 0.308. The summed E-state index contributed by atoms with van der Waals surface area (Å²) in [5.74, 6) is -1.48. The highest BCUT2D eigenvalue weighted by Gasteiger charge is 2.35. The lowest BCUT2D eigenvalue weighted by Crippen LogP contribution is -2.48. The Bertz CT molecular complexity index is 1220. The highest BCUT2D eigenvalue weighted by Crippen LogP contribution is 2.44. The number of nitrogens with one attached hydrogen (secondary N) is 1. The molecule has 0 radical (unpaired) electrons. The van der Waals surface area contributed by atoms with Crippen molar-refractivity contribution in [2.45, 2.75) is 37.8 Å². The zero-order valence-electron chi connectivity index (χ0n) is 19.0. The van der Waals surface area contributed by atoms with Crippen LogP contribution < -0.4 is 5.32 Å². The van der Waals surface area contributed by atoms with Gasteiger partial charge in [0.2, 0.25) is 0 Å². The molecule has 35 heavy (non-hydrogen) atoms. The molecule has 180 valence electrons. The minimum Gasteiger partial charge on any atom is -0.480 e. The van der Waals surface area contributed by atoms with E-state index in [1.54, 1.807) is 0 Å². The Labute approximate surface area is 201 Å². The molecule has 2 aromatic carbocycles. The van der Waals surface area contributed by atoms with Crippen molar-refractivity contribution in [2.24, 2.45) is 0 Å². The van der Waals surface area contributed by atoms with E-state index in [0.29, 0.717) is 13.0 Å². The molecule has 2 amide bonds. The van der Waals surface area contributed by atoms with Crippen molar-refractivity contribution in [2.75, 3.05) is 13.2 Å². The fourth-order valence-corrected chi connectivity index (χ4v) is 4.94. The molecule has 1 saturated heterocycles. The Morgan fingerprint density at radius 1 is 1.06 bits per heavy atom. The number of aromatic nitrogens is 1. The van der Waals surface area contributed by atoms with Crippen LogP contribution in [0.2, 0.25) is 0 Å². The van der Waals surface area contributed by atoms with Gasteiger partial charge >= 0.3 is 12.1 Å². The lowest BCUT2D eigenvalue weighted by molar-refractivity contribution is -0.143. The third kappa shape index (κ3) is 4.37. The monoisotopic (exact) mass is 475 g/mol. The average Bonchev–Trinajstić information content (AvgIpc) is 3.48. The second kappa shape index (κ2) is 9.61. The first-order valence-corrected chi connectivity index (χ1v) is 11.6. The number of carboxylic acids is 1. The number of hydrogen-bond acceptors (Lipinski definition) is 6. The molecule has 0 bridgehead atoms. The number of oxazole rings is 1. The minimum atomic E-state index is -1.04. The number of carbonyl (C=O) groups excluding carboxylic acids is 2. The summed E-state index contributed by atoms with van der Waals surface area (Å²) < 4.78 is 10.8. The zero-order valence-corrected chi connectivity index (χ0v) is 19.0. The Kier molecular flexibility index (Phi) is 6.22. The number of fused-ring (bicyclic) bond motifs is 3. The van der Waals surface area contributed by atoms with Crippen LogP contribution in [0.5, 0.6) is 0 Å². The van der Waals surface area contributed by atoms with Crippen molar-refractivity contribution in [1.82, 2.24) is 15.2 Å². The van der Waals surface area contributed by atoms with Gasteiger partial charge in [0.05, 0.1) is 6.54 Å². The van der Waals surface area contributed by atoms with Crippen LogP contribution in [-0.2, 0) is 16.1 Å². The second-order valence-corrected chi connectivity index (χ2v) is 8.65. The number of piperidine rings is 1. The zero-order chi connectivity index (χ0) is 24.4. The van der Waals surface area contributed by atoms with E-state index in [9.17, 15) is 19.5 Å². The van der Waals surface area contributed by atoms with Crippen molar-refractivity contribution < 1.29 is 28.6 Å². The molecule has 2 N–H and O–H groups in total. The van der Waals surface area contributed by atoms with Crippen LogP contribution in [0, 0.1) is 0 Å². The van der Waals surface area contributed by atoms with Crippen LogP contribution in [0.4, 0.5) is 4.79 Å². The Morgan fingerprint density at radius 3 is 2.43 bits per heavy atom. The van der Waals surface area contributed by atoms with E-state index in [2.05, 4.69) is 22.4 Å². The molecule has 0 unspecified atom stereocenters. The molecule has 1 aromatic heterocycles. The number of alkyl carbamates (subject to hydrolysis) is 1. The molecule has 1 atom stereocenters. The number of amides is 2. The van der Waals surface area contributed by atoms with Crippen LogP contribution in [0.1, 0.15) is 52.6 Å². The Hall–Kier alpha value is -4.14. The number of benzene rings is 2. The fourth-order valence-electron chi connectivity index (χ4n) is 4.94. The van der Waals surface area contributed by atoms with Gasteiger partial charge in [-0.1, -0.05) is 48.5 Å². The Morgan fingerprint density at radius 2 is 1.74 bits per heavy atom. The van der Waals surface area contributed by atoms with E-state index >= 15 is 0 Å². The second-order valence-electron chi connectivity index (χ2n) is 8.65. The van der Waals surface area contributed by atoms with Crippen molar-refractivity contribution >= 4 is 18.0 Å². The molecule has 1 fully saturated rings. The molecule has 1 aliphatic carbocycles. The number of carboxylic acid groups (broad SMARTS) is 1. The average molecular weight is 476 g/mol. The molecular formula is C26H25N3O6. The molecular weight excluding hydrogens is 450 g/mol. The summed E-state index contributed by atoms with van der Waals surface area (Å²) in [5, 5.41) is 12.1. The van der Waals surface area contributed by atoms with Gasteiger partial charge in [0.1, 0.15) is 12.6 Å². The van der Waals surface area contributed by atoms with Crippen molar-refractivity contribution in [3.63, 3.8) is 0 Å². The number of nitrogens with zero attached hydrogens (tertiary/aromatic N) is 2. The molecule has 9 heteroatoms. The van der Waals surface area contributed by atoms with Crippen LogP contribution in [0.3, 0.4) is 0 Å². The van der Waals surface area contributed by atoms with E-state index in [1.165, 1.54) is 4.90 Å². The van der Waals surface area contributed by atoms with E-state index in [4.69, 9.17) is 9.15 Å². The van der Waals surface area contributed by atoms with Gasteiger partial charge in [0.15, 0.2) is 17.8 Å². The van der Waals surface area contributed by atoms with Gasteiger partial charge in [-0.15, -0.1) is 0 Å². The van der Waals surface area contributed by atoms with Gasteiger partial charge < -0.3 is 24.5 Å². The summed E-state index contributed by atoms with van der Waals surface area (Å²) >= 11 is 0. The van der Waals surface area contributed by atoms with E-state index in [0.717, 1.165) is 41.5 Å².